The Morgan fingerprint density at radius 1 is 0.818 bits per heavy atom. The van der Waals surface area contributed by atoms with Crippen molar-refractivity contribution in [3.8, 4) is 0 Å². The lowest BCUT2D eigenvalue weighted by Crippen LogP contribution is -2.54. The predicted molar refractivity (Wildman–Crippen MR) is 176 cm³/mol. The molecular weight excluding hydrogens is 570 g/mol. The zero-order valence-corrected chi connectivity index (χ0v) is 26.6. The number of hydrogen-bond acceptors (Lipinski definition) is 4. The molecule has 4 aromatic carbocycles. The second kappa shape index (κ2) is 14.8. The van der Waals surface area contributed by atoms with Gasteiger partial charge in [0.05, 0.1) is 10.6 Å². The van der Waals surface area contributed by atoms with Crippen LogP contribution >= 0.6 is 0 Å². The van der Waals surface area contributed by atoms with E-state index in [0.717, 1.165) is 33.0 Å². The summed E-state index contributed by atoms with van der Waals surface area (Å²) in [4.78, 5) is 30.1. The summed E-state index contributed by atoms with van der Waals surface area (Å²) in [6, 6.07) is 31.5. The van der Waals surface area contributed by atoms with Crippen LogP contribution in [0, 0.1) is 13.8 Å². The third kappa shape index (κ3) is 8.14. The molecule has 4 rings (SSSR count). The highest BCUT2D eigenvalue weighted by atomic mass is 32.2. The van der Waals surface area contributed by atoms with Gasteiger partial charge in [0.25, 0.3) is 10.0 Å². The van der Waals surface area contributed by atoms with Crippen LogP contribution in [-0.4, -0.2) is 43.8 Å². The summed E-state index contributed by atoms with van der Waals surface area (Å²) in [5.74, 6) is -0.757. The Bertz CT molecular complexity index is 1660. The van der Waals surface area contributed by atoms with Gasteiger partial charge in [-0.15, -0.1) is 0 Å². The fraction of sp³-hybridized carbons (Fsp3) is 0.278. The number of benzene rings is 4. The number of nitrogens with zero attached hydrogens (tertiary/aromatic N) is 2. The molecule has 0 saturated heterocycles. The largest absolute Gasteiger partial charge is 0.352 e. The third-order valence-electron chi connectivity index (χ3n) is 7.77. The van der Waals surface area contributed by atoms with Crippen molar-refractivity contribution in [1.82, 2.24) is 10.2 Å². The molecule has 44 heavy (non-hydrogen) atoms. The molecular formula is C36H41N3O4S. The van der Waals surface area contributed by atoms with Crippen molar-refractivity contribution in [2.75, 3.05) is 10.8 Å². The Morgan fingerprint density at radius 3 is 2.09 bits per heavy atom. The van der Waals surface area contributed by atoms with Crippen molar-refractivity contribution in [3.63, 3.8) is 0 Å². The summed E-state index contributed by atoms with van der Waals surface area (Å²) in [5.41, 5.74) is 3.98. The molecule has 0 saturated carbocycles. The third-order valence-corrected chi connectivity index (χ3v) is 9.56. The van der Waals surface area contributed by atoms with E-state index in [2.05, 4.69) is 5.32 Å². The van der Waals surface area contributed by atoms with Gasteiger partial charge in [-0.3, -0.25) is 13.9 Å². The van der Waals surface area contributed by atoms with E-state index in [9.17, 15) is 18.0 Å². The van der Waals surface area contributed by atoms with E-state index in [1.54, 1.807) is 36.4 Å². The molecule has 1 N–H and O–H groups in total. The molecule has 0 spiro atoms. The molecule has 2 atom stereocenters. The van der Waals surface area contributed by atoms with Crippen molar-refractivity contribution in [2.24, 2.45) is 0 Å². The lowest BCUT2D eigenvalue weighted by molar-refractivity contribution is -0.140. The number of carbonyl (C=O) groups is 2. The first kappa shape index (κ1) is 32.5. The van der Waals surface area contributed by atoms with Crippen molar-refractivity contribution >= 4 is 27.5 Å². The second-order valence-corrected chi connectivity index (χ2v) is 13.0. The molecule has 0 aliphatic carbocycles. The van der Waals surface area contributed by atoms with Crippen molar-refractivity contribution < 1.29 is 18.0 Å². The van der Waals surface area contributed by atoms with Gasteiger partial charge < -0.3 is 10.2 Å². The maximum absolute atomic E-state index is 14.5. The Morgan fingerprint density at radius 2 is 1.45 bits per heavy atom. The Hall–Kier alpha value is -4.43. The first-order valence-electron chi connectivity index (χ1n) is 14.9. The van der Waals surface area contributed by atoms with E-state index in [0.29, 0.717) is 5.69 Å². The van der Waals surface area contributed by atoms with Crippen LogP contribution in [0.3, 0.4) is 0 Å². The smallest absolute Gasteiger partial charge is 0.264 e. The summed E-state index contributed by atoms with van der Waals surface area (Å²) in [5, 5.41) is 3.07. The number of rotatable bonds is 13. The molecule has 0 radical (unpaired) electrons. The van der Waals surface area contributed by atoms with Gasteiger partial charge in [0.1, 0.15) is 12.6 Å². The van der Waals surface area contributed by atoms with Crippen molar-refractivity contribution in [1.29, 1.82) is 0 Å². The highest BCUT2D eigenvalue weighted by Gasteiger charge is 2.35. The van der Waals surface area contributed by atoms with Crippen LogP contribution in [0.4, 0.5) is 5.69 Å². The van der Waals surface area contributed by atoms with Crippen LogP contribution in [0.25, 0.3) is 0 Å². The van der Waals surface area contributed by atoms with Crippen LogP contribution in [0.1, 0.15) is 42.5 Å². The summed E-state index contributed by atoms with van der Waals surface area (Å²) < 4.78 is 29.3. The quantitative estimate of drug-likeness (QED) is 0.199. The number of sulfonamides is 1. The number of anilines is 1. The molecule has 0 aliphatic rings. The van der Waals surface area contributed by atoms with Gasteiger partial charge in [0, 0.05) is 19.0 Å². The van der Waals surface area contributed by atoms with Crippen molar-refractivity contribution in [3.05, 3.63) is 131 Å². The number of hydrogen-bond donors (Lipinski definition) is 1. The number of aryl methyl sites for hydroxylation is 2. The number of nitrogens with one attached hydrogen (secondary N) is 1. The SMILES string of the molecule is CC[C@@H](C)NC(=O)[C@H](Cc1ccccc1)N(Cc1ccccc1C)C(=O)CN(c1cccc(C)c1)S(=O)(=O)c1ccccc1. The first-order valence-corrected chi connectivity index (χ1v) is 16.4. The van der Waals surface area contributed by atoms with Crippen molar-refractivity contribution in [2.45, 2.75) is 64.1 Å². The minimum absolute atomic E-state index is 0.0788. The topological polar surface area (TPSA) is 86.8 Å². The predicted octanol–water partition coefficient (Wildman–Crippen LogP) is 6.05. The van der Waals surface area contributed by atoms with Gasteiger partial charge >= 0.3 is 0 Å². The maximum Gasteiger partial charge on any atom is 0.264 e. The Kier molecular flexibility index (Phi) is 11.0. The summed E-state index contributed by atoms with van der Waals surface area (Å²) in [6.45, 7) is 7.41. The van der Waals surface area contributed by atoms with Gasteiger partial charge in [-0.1, -0.05) is 91.9 Å². The van der Waals surface area contributed by atoms with E-state index in [4.69, 9.17) is 0 Å². The summed E-state index contributed by atoms with van der Waals surface area (Å²) >= 11 is 0. The van der Waals surface area contributed by atoms with Crippen LogP contribution < -0.4 is 9.62 Å². The van der Waals surface area contributed by atoms with E-state index < -0.39 is 28.5 Å². The summed E-state index contributed by atoms with van der Waals surface area (Å²) in [6.07, 6.45) is 1.00. The van der Waals surface area contributed by atoms with Gasteiger partial charge in [-0.2, -0.15) is 0 Å². The standard InChI is InChI=1S/C36H41N3O4S/c1-5-29(4)37-36(41)34(24-30-17-8-6-9-18-30)38(25-31-19-13-12-16-28(31)3)35(40)26-39(32-20-14-15-27(2)23-32)44(42,43)33-21-10-7-11-22-33/h6-23,29,34H,5,24-26H2,1-4H3,(H,37,41)/t29-,34+/m1/s1. The lowest BCUT2D eigenvalue weighted by atomic mass is 10.0. The molecule has 7 nitrogen and oxygen atoms in total. The zero-order valence-electron chi connectivity index (χ0n) is 25.8. The highest BCUT2D eigenvalue weighted by molar-refractivity contribution is 7.92. The molecule has 2 amide bonds. The van der Waals surface area contributed by atoms with E-state index in [-0.39, 0.29) is 29.8 Å². The Balaban J connectivity index is 1.81. The molecule has 0 heterocycles. The number of amides is 2. The molecule has 0 aliphatic heterocycles. The maximum atomic E-state index is 14.5. The summed E-state index contributed by atoms with van der Waals surface area (Å²) in [7, 11) is -4.12. The average Bonchev–Trinajstić information content (AvgIpc) is 3.03. The molecule has 8 heteroatoms. The molecule has 0 aromatic heterocycles. The highest BCUT2D eigenvalue weighted by Crippen LogP contribution is 2.26. The van der Waals surface area contributed by atoms with E-state index in [1.165, 1.54) is 17.0 Å². The molecule has 0 unspecified atom stereocenters. The van der Waals surface area contributed by atoms with Gasteiger partial charge in [-0.05, 0) is 73.7 Å². The molecule has 0 fully saturated rings. The van der Waals surface area contributed by atoms with E-state index >= 15 is 0 Å². The van der Waals surface area contributed by atoms with E-state index in [1.807, 2.05) is 88.4 Å². The molecule has 4 aromatic rings. The minimum Gasteiger partial charge on any atom is -0.352 e. The van der Waals surface area contributed by atoms with Crippen LogP contribution in [0.5, 0.6) is 0 Å². The zero-order chi connectivity index (χ0) is 31.7. The van der Waals surface area contributed by atoms with Gasteiger partial charge in [-0.25, -0.2) is 8.42 Å². The average molecular weight is 612 g/mol. The minimum atomic E-state index is -4.12. The normalized spacial score (nSPS) is 12.6. The molecule has 230 valence electrons. The van der Waals surface area contributed by atoms with Crippen LogP contribution in [-0.2, 0) is 32.6 Å². The lowest BCUT2D eigenvalue weighted by Gasteiger charge is -2.34. The number of carbonyl (C=O) groups excluding carboxylic acids is 2. The second-order valence-electron chi connectivity index (χ2n) is 11.1. The van der Waals surface area contributed by atoms with Gasteiger partial charge in [0.15, 0.2) is 0 Å². The monoisotopic (exact) mass is 611 g/mol. The van der Waals surface area contributed by atoms with Crippen LogP contribution in [0.15, 0.2) is 114 Å². The molecule has 0 bridgehead atoms. The fourth-order valence-electron chi connectivity index (χ4n) is 5.00. The fourth-order valence-corrected chi connectivity index (χ4v) is 6.42. The van der Waals surface area contributed by atoms with Crippen LogP contribution in [0.2, 0.25) is 0 Å². The Labute approximate surface area is 261 Å². The van der Waals surface area contributed by atoms with Gasteiger partial charge in [0.2, 0.25) is 11.8 Å². The first-order chi connectivity index (χ1) is 21.1.